The first-order valence-corrected chi connectivity index (χ1v) is 20.9. The maximum absolute atomic E-state index is 12.6. The molecule has 4 heterocycles. The van der Waals surface area contributed by atoms with Gasteiger partial charge in [-0.1, -0.05) is 13.8 Å². The Hall–Kier alpha value is -1.27. The third-order valence-corrected chi connectivity index (χ3v) is 15.9. The molecule has 0 spiro atoms. The fourth-order valence-corrected chi connectivity index (χ4v) is 12.7. The number of esters is 1. The van der Waals surface area contributed by atoms with Crippen LogP contribution in [-0.4, -0.2) is 135 Å². The molecule has 4 aliphatic heterocycles. The molecule has 14 heteroatoms. The second-order valence-corrected chi connectivity index (χ2v) is 18.9. The lowest BCUT2D eigenvalue weighted by Crippen LogP contribution is -2.66. The zero-order chi connectivity index (χ0) is 39.2. The smallest absolute Gasteiger partial charge is 0.331 e. The van der Waals surface area contributed by atoms with Crippen molar-refractivity contribution in [3.8, 4) is 0 Å². The van der Waals surface area contributed by atoms with Crippen molar-refractivity contribution in [3.05, 3.63) is 11.6 Å². The minimum absolute atomic E-state index is 0.0606. The molecule has 4 unspecified atom stereocenters. The quantitative estimate of drug-likeness (QED) is 0.162. The SMILES string of the molecule is C[C@H]1O[C@H](O[C@H]2[C@@H](O[C@@H]3C[C@H](O)[C@H](O)[C@@H](C)O3)C[C@@H](O[C@H]3CC[C@@]4(C)C(C3)C[C@H](O)C3C4CC[C@]4(C)[C@@H](C5=CC(=O)OC5)CCC34O)O[C@@H]2C)C[C@H](O)[C@@H]1O. The first kappa shape index (κ1) is 40.5. The van der Waals surface area contributed by atoms with Crippen LogP contribution >= 0.6 is 0 Å². The Bertz CT molecular complexity index is 1420. The largest absolute Gasteiger partial charge is 0.458 e. The Morgan fingerprint density at radius 2 is 1.35 bits per heavy atom. The number of aliphatic hydroxyl groups excluding tert-OH is 5. The Labute approximate surface area is 323 Å². The Morgan fingerprint density at radius 1 is 0.709 bits per heavy atom. The number of cyclic esters (lactones) is 1. The van der Waals surface area contributed by atoms with Crippen LogP contribution in [0.15, 0.2) is 11.6 Å². The molecule has 0 aromatic heterocycles. The van der Waals surface area contributed by atoms with Gasteiger partial charge >= 0.3 is 5.97 Å². The number of ether oxygens (including phenoxy) is 7. The van der Waals surface area contributed by atoms with Gasteiger partial charge in [0.15, 0.2) is 18.9 Å². The van der Waals surface area contributed by atoms with Gasteiger partial charge < -0.3 is 63.8 Å². The highest BCUT2D eigenvalue weighted by Gasteiger charge is 2.70. The van der Waals surface area contributed by atoms with Crippen molar-refractivity contribution in [2.75, 3.05) is 6.61 Å². The first-order valence-electron chi connectivity index (χ1n) is 20.9. The Balaban J connectivity index is 0.945. The number of rotatable bonds is 7. The third-order valence-electron chi connectivity index (χ3n) is 15.9. The average molecular weight is 781 g/mol. The fourth-order valence-electron chi connectivity index (χ4n) is 12.7. The molecule has 4 aliphatic carbocycles. The summed E-state index contributed by atoms with van der Waals surface area (Å²) in [5.74, 6) is -0.135. The average Bonchev–Trinajstić information content (AvgIpc) is 3.67. The van der Waals surface area contributed by atoms with Crippen LogP contribution in [0.2, 0.25) is 0 Å². The van der Waals surface area contributed by atoms with Gasteiger partial charge in [0, 0.05) is 36.7 Å². The summed E-state index contributed by atoms with van der Waals surface area (Å²) in [5, 5.41) is 66.0. The van der Waals surface area contributed by atoms with Gasteiger partial charge in [0.1, 0.15) is 24.9 Å². The number of hydrogen-bond donors (Lipinski definition) is 6. The van der Waals surface area contributed by atoms with Gasteiger partial charge in [-0.2, -0.15) is 0 Å². The van der Waals surface area contributed by atoms with Crippen LogP contribution in [0.1, 0.15) is 105 Å². The predicted octanol–water partition coefficient (Wildman–Crippen LogP) is 2.22. The number of hydrogen-bond acceptors (Lipinski definition) is 14. The van der Waals surface area contributed by atoms with E-state index in [1.54, 1.807) is 19.9 Å². The summed E-state index contributed by atoms with van der Waals surface area (Å²) in [5.41, 5.74) is -0.563. The maximum atomic E-state index is 12.6. The summed E-state index contributed by atoms with van der Waals surface area (Å²) in [7, 11) is 0. The maximum Gasteiger partial charge on any atom is 0.331 e. The number of fused-ring (bicyclic) bond motifs is 5. The van der Waals surface area contributed by atoms with Gasteiger partial charge in [0.25, 0.3) is 0 Å². The van der Waals surface area contributed by atoms with Gasteiger partial charge in [-0.05, 0) is 101 Å². The van der Waals surface area contributed by atoms with Crippen molar-refractivity contribution in [3.63, 3.8) is 0 Å². The van der Waals surface area contributed by atoms with E-state index in [4.69, 9.17) is 33.2 Å². The normalized spacial score (nSPS) is 55.5. The highest BCUT2D eigenvalue weighted by Crippen LogP contribution is 2.70. The van der Waals surface area contributed by atoms with Crippen LogP contribution in [0.4, 0.5) is 0 Å². The molecule has 0 amide bonds. The van der Waals surface area contributed by atoms with E-state index in [1.807, 2.05) is 6.92 Å². The van der Waals surface area contributed by atoms with Crippen molar-refractivity contribution >= 4 is 5.97 Å². The van der Waals surface area contributed by atoms with Crippen LogP contribution < -0.4 is 0 Å². The molecule has 4 saturated carbocycles. The predicted molar refractivity (Wildman–Crippen MR) is 193 cm³/mol. The van der Waals surface area contributed by atoms with E-state index in [2.05, 4.69) is 13.8 Å². The molecule has 7 fully saturated rings. The molecule has 3 saturated heterocycles. The summed E-state index contributed by atoms with van der Waals surface area (Å²) >= 11 is 0. The van der Waals surface area contributed by atoms with Crippen LogP contribution in [0.25, 0.3) is 0 Å². The summed E-state index contributed by atoms with van der Waals surface area (Å²) in [6, 6.07) is 0. The first-order chi connectivity index (χ1) is 26.0. The summed E-state index contributed by atoms with van der Waals surface area (Å²) in [6.07, 6.45) is -1.97. The molecule has 8 aliphatic rings. The fraction of sp³-hybridized carbons (Fsp3) is 0.927. The second kappa shape index (κ2) is 15.1. The Kier molecular flexibility index (Phi) is 11.1. The lowest BCUT2D eigenvalue weighted by molar-refractivity contribution is -0.344. The second-order valence-electron chi connectivity index (χ2n) is 18.9. The topological polar surface area (TPSA) is 203 Å². The van der Waals surface area contributed by atoms with Gasteiger partial charge in [-0.25, -0.2) is 4.79 Å². The zero-order valence-electron chi connectivity index (χ0n) is 32.9. The van der Waals surface area contributed by atoms with Crippen molar-refractivity contribution in [1.29, 1.82) is 0 Å². The van der Waals surface area contributed by atoms with Crippen molar-refractivity contribution in [2.45, 2.75) is 197 Å². The third kappa shape index (κ3) is 7.05. The molecular weight excluding hydrogens is 716 g/mol. The van der Waals surface area contributed by atoms with Crippen molar-refractivity contribution in [1.82, 2.24) is 0 Å². The minimum Gasteiger partial charge on any atom is -0.458 e. The summed E-state index contributed by atoms with van der Waals surface area (Å²) in [6.45, 7) is 10.0. The van der Waals surface area contributed by atoms with E-state index in [0.717, 1.165) is 44.1 Å². The van der Waals surface area contributed by atoms with E-state index in [-0.39, 0.29) is 54.0 Å². The van der Waals surface area contributed by atoms with E-state index in [0.29, 0.717) is 25.9 Å². The minimum atomic E-state index is -1.03. The molecule has 0 bridgehead atoms. The van der Waals surface area contributed by atoms with Gasteiger partial charge in [-0.3, -0.25) is 0 Å². The van der Waals surface area contributed by atoms with E-state index < -0.39 is 90.9 Å². The van der Waals surface area contributed by atoms with Crippen molar-refractivity contribution in [2.24, 2.45) is 34.5 Å². The standard InChI is InChI=1S/C41H64O14/c1-19-36(46)28(43)15-32(50-19)54-30-17-34(52-21(3)38(30)55-33-16-29(44)37(47)20(2)51-33)53-24-6-9-39(4)23(13-24)14-27(42)35-26(39)7-10-40(5)25(8-11-41(35,40)48)22-12-31(45)49-18-22/h12,19-21,23-30,32-38,42-44,46-48H,6-11,13-18H2,1-5H3/t19-,20-,21-,23?,24+,25-,26?,27+,28+,29+,30+,32-,33-,34-,35?,36-,37-,38-,39+,40-,41?/m1/s1. The highest BCUT2D eigenvalue weighted by atomic mass is 16.7. The van der Waals surface area contributed by atoms with Crippen LogP contribution in [0.3, 0.4) is 0 Å². The van der Waals surface area contributed by atoms with E-state index in [1.165, 1.54) is 0 Å². The van der Waals surface area contributed by atoms with Gasteiger partial charge in [-0.15, -0.1) is 0 Å². The molecule has 0 radical (unpaired) electrons. The van der Waals surface area contributed by atoms with Gasteiger partial charge in [0.05, 0.1) is 54.4 Å². The molecule has 21 atom stereocenters. The van der Waals surface area contributed by atoms with Crippen LogP contribution in [0.5, 0.6) is 0 Å². The summed E-state index contributed by atoms with van der Waals surface area (Å²) < 4.78 is 43.2. The van der Waals surface area contributed by atoms with Gasteiger partial charge in [0.2, 0.25) is 0 Å². The monoisotopic (exact) mass is 780 g/mol. The molecule has 6 N–H and O–H groups in total. The van der Waals surface area contributed by atoms with Crippen LogP contribution in [-0.2, 0) is 38.0 Å². The number of carbonyl (C=O) groups excluding carboxylic acids is 1. The van der Waals surface area contributed by atoms with Crippen LogP contribution in [0, 0.1) is 34.5 Å². The Morgan fingerprint density at radius 3 is 1.98 bits per heavy atom. The zero-order valence-corrected chi connectivity index (χ0v) is 32.9. The van der Waals surface area contributed by atoms with Crippen molar-refractivity contribution < 1.29 is 68.6 Å². The molecule has 14 nitrogen and oxygen atoms in total. The molecule has 312 valence electrons. The lowest BCUT2D eigenvalue weighted by atomic mass is 9.42. The number of aliphatic hydroxyl groups is 6. The van der Waals surface area contributed by atoms with E-state index >= 15 is 0 Å². The molecule has 0 aromatic rings. The van der Waals surface area contributed by atoms with E-state index in [9.17, 15) is 35.4 Å². The molecule has 0 aromatic carbocycles. The summed E-state index contributed by atoms with van der Waals surface area (Å²) in [4.78, 5) is 12.0. The molecule has 55 heavy (non-hydrogen) atoms. The highest BCUT2D eigenvalue weighted by molar-refractivity contribution is 5.85. The molecule has 8 rings (SSSR count). The molecular formula is C41H64O14. The lowest BCUT2D eigenvalue weighted by Gasteiger charge is -2.65. The number of carbonyl (C=O) groups is 1.